The number of hydrogen-bond donors (Lipinski definition) is 1. The molecule has 0 bridgehead atoms. The van der Waals surface area contributed by atoms with E-state index in [2.05, 4.69) is 5.32 Å². The van der Waals surface area contributed by atoms with E-state index in [4.69, 9.17) is 9.47 Å². The van der Waals surface area contributed by atoms with Crippen molar-refractivity contribution < 1.29 is 14.3 Å². The molecule has 0 aromatic heterocycles. The minimum absolute atomic E-state index is 0.301. The van der Waals surface area contributed by atoms with Gasteiger partial charge in [0.1, 0.15) is 0 Å². The molecule has 1 fully saturated rings. The first-order chi connectivity index (χ1) is 7.83. The van der Waals surface area contributed by atoms with Crippen molar-refractivity contribution in [3.8, 4) is 0 Å². The van der Waals surface area contributed by atoms with Gasteiger partial charge < -0.3 is 14.8 Å². The zero-order valence-electron chi connectivity index (χ0n) is 9.91. The summed E-state index contributed by atoms with van der Waals surface area (Å²) in [4.78, 5) is 10.9. The van der Waals surface area contributed by atoms with E-state index in [-0.39, 0.29) is 5.97 Å². The third-order valence-electron chi connectivity index (χ3n) is 2.51. The Morgan fingerprint density at radius 3 is 3.12 bits per heavy atom. The first-order valence-corrected chi connectivity index (χ1v) is 5.94. The molecule has 1 saturated heterocycles. The van der Waals surface area contributed by atoms with Crippen LogP contribution in [0.15, 0.2) is 12.2 Å². The second-order valence-electron chi connectivity index (χ2n) is 3.90. The van der Waals surface area contributed by atoms with Gasteiger partial charge in [-0.25, -0.2) is 4.79 Å². The molecule has 16 heavy (non-hydrogen) atoms. The van der Waals surface area contributed by atoms with Gasteiger partial charge in [0, 0.05) is 12.6 Å². The topological polar surface area (TPSA) is 47.6 Å². The summed E-state index contributed by atoms with van der Waals surface area (Å²) in [7, 11) is 0. The number of piperidine rings is 1. The maximum absolute atomic E-state index is 10.9. The molecule has 0 amide bonds. The van der Waals surface area contributed by atoms with E-state index >= 15 is 0 Å². The maximum atomic E-state index is 10.9. The Kier molecular flexibility index (Phi) is 6.85. The van der Waals surface area contributed by atoms with Crippen LogP contribution in [0.4, 0.5) is 0 Å². The Labute approximate surface area is 97.0 Å². The molecule has 0 aromatic rings. The van der Waals surface area contributed by atoms with E-state index in [0.717, 1.165) is 19.7 Å². The number of rotatable bonds is 6. The molecule has 0 radical (unpaired) electrons. The first-order valence-electron chi connectivity index (χ1n) is 5.94. The van der Waals surface area contributed by atoms with Crippen molar-refractivity contribution in [2.24, 2.45) is 5.92 Å². The quantitative estimate of drug-likeness (QED) is 0.420. The van der Waals surface area contributed by atoms with E-state index in [9.17, 15) is 4.79 Å². The van der Waals surface area contributed by atoms with Crippen LogP contribution in [-0.2, 0) is 14.3 Å². The van der Waals surface area contributed by atoms with E-state index < -0.39 is 0 Å². The summed E-state index contributed by atoms with van der Waals surface area (Å²) in [6.07, 6.45) is 5.58. The zero-order chi connectivity index (χ0) is 11.6. The van der Waals surface area contributed by atoms with Crippen LogP contribution in [0, 0.1) is 5.92 Å². The van der Waals surface area contributed by atoms with Crippen molar-refractivity contribution in [2.45, 2.75) is 19.8 Å². The lowest BCUT2D eigenvalue weighted by Crippen LogP contribution is -2.32. The first kappa shape index (κ1) is 13.2. The monoisotopic (exact) mass is 227 g/mol. The Bertz CT molecular complexity index is 222. The second-order valence-corrected chi connectivity index (χ2v) is 3.90. The van der Waals surface area contributed by atoms with Gasteiger partial charge in [0.15, 0.2) is 0 Å². The molecule has 0 aliphatic carbocycles. The largest absolute Gasteiger partial charge is 0.463 e. The standard InChI is InChI=1S/C12H21NO3/c1-2-16-12(14)6-4-8-15-10-11-5-3-7-13-9-11/h4,6,11,13H,2-3,5,7-10H2,1H3/b6-4+. The Morgan fingerprint density at radius 2 is 2.44 bits per heavy atom. The Balaban J connectivity index is 2.00. The van der Waals surface area contributed by atoms with Crippen molar-refractivity contribution >= 4 is 5.97 Å². The SMILES string of the molecule is CCOC(=O)/C=C/COCC1CCCNC1. The molecular formula is C12H21NO3. The minimum atomic E-state index is -0.301. The van der Waals surface area contributed by atoms with Crippen LogP contribution in [0.1, 0.15) is 19.8 Å². The summed E-state index contributed by atoms with van der Waals surface area (Å²) >= 11 is 0. The molecule has 1 heterocycles. The molecule has 1 aliphatic rings. The molecule has 0 aromatic carbocycles. The van der Waals surface area contributed by atoms with Gasteiger partial charge in [0.2, 0.25) is 0 Å². The number of nitrogens with one attached hydrogen (secondary N) is 1. The van der Waals surface area contributed by atoms with Gasteiger partial charge in [-0.3, -0.25) is 0 Å². The molecule has 1 atom stereocenters. The minimum Gasteiger partial charge on any atom is -0.463 e. The normalized spacial score (nSPS) is 21.2. The summed E-state index contributed by atoms with van der Waals surface area (Å²) in [6.45, 7) is 5.62. The average molecular weight is 227 g/mol. The van der Waals surface area contributed by atoms with E-state index in [1.165, 1.54) is 18.9 Å². The van der Waals surface area contributed by atoms with E-state index in [1.807, 2.05) is 0 Å². The van der Waals surface area contributed by atoms with Gasteiger partial charge in [-0.05, 0) is 32.2 Å². The fraction of sp³-hybridized carbons (Fsp3) is 0.750. The van der Waals surface area contributed by atoms with Crippen molar-refractivity contribution in [1.29, 1.82) is 0 Å². The lowest BCUT2D eigenvalue weighted by Gasteiger charge is -2.22. The van der Waals surface area contributed by atoms with Crippen molar-refractivity contribution in [3.05, 3.63) is 12.2 Å². The number of ether oxygens (including phenoxy) is 2. The van der Waals surface area contributed by atoms with Crippen LogP contribution in [0.2, 0.25) is 0 Å². The number of carbonyl (C=O) groups is 1. The van der Waals surface area contributed by atoms with Gasteiger partial charge >= 0.3 is 5.97 Å². The van der Waals surface area contributed by atoms with Crippen LogP contribution < -0.4 is 5.32 Å². The zero-order valence-corrected chi connectivity index (χ0v) is 9.91. The summed E-state index contributed by atoms with van der Waals surface area (Å²) in [6, 6.07) is 0. The molecule has 4 nitrogen and oxygen atoms in total. The van der Waals surface area contributed by atoms with Crippen molar-refractivity contribution in [3.63, 3.8) is 0 Å². The molecule has 1 rings (SSSR count). The molecule has 1 unspecified atom stereocenters. The maximum Gasteiger partial charge on any atom is 0.330 e. The van der Waals surface area contributed by atoms with Crippen LogP contribution in [0.5, 0.6) is 0 Å². The summed E-state index contributed by atoms with van der Waals surface area (Å²) < 4.78 is 10.2. The lowest BCUT2D eigenvalue weighted by molar-refractivity contribution is -0.137. The highest BCUT2D eigenvalue weighted by molar-refractivity contribution is 5.81. The fourth-order valence-corrected chi connectivity index (χ4v) is 1.70. The summed E-state index contributed by atoms with van der Waals surface area (Å²) in [5, 5.41) is 3.34. The van der Waals surface area contributed by atoms with Crippen LogP contribution in [0.25, 0.3) is 0 Å². The number of hydrogen-bond acceptors (Lipinski definition) is 4. The van der Waals surface area contributed by atoms with Gasteiger partial charge in [-0.15, -0.1) is 0 Å². The molecule has 92 valence electrons. The number of esters is 1. The highest BCUT2D eigenvalue weighted by atomic mass is 16.5. The molecule has 1 aliphatic heterocycles. The smallest absolute Gasteiger partial charge is 0.330 e. The van der Waals surface area contributed by atoms with Crippen molar-refractivity contribution in [1.82, 2.24) is 5.32 Å². The average Bonchev–Trinajstić information content (AvgIpc) is 2.30. The third-order valence-corrected chi connectivity index (χ3v) is 2.51. The Morgan fingerprint density at radius 1 is 1.56 bits per heavy atom. The van der Waals surface area contributed by atoms with Gasteiger partial charge in [0.25, 0.3) is 0 Å². The van der Waals surface area contributed by atoms with Gasteiger partial charge in [-0.2, -0.15) is 0 Å². The van der Waals surface area contributed by atoms with Crippen molar-refractivity contribution in [2.75, 3.05) is 32.9 Å². The highest BCUT2D eigenvalue weighted by Crippen LogP contribution is 2.09. The third kappa shape index (κ3) is 5.88. The predicted octanol–water partition coefficient (Wildman–Crippen LogP) is 1.12. The van der Waals surface area contributed by atoms with E-state index in [1.54, 1.807) is 13.0 Å². The van der Waals surface area contributed by atoms with Gasteiger partial charge in [0.05, 0.1) is 19.8 Å². The van der Waals surface area contributed by atoms with Crippen LogP contribution in [0.3, 0.4) is 0 Å². The van der Waals surface area contributed by atoms with Crippen LogP contribution >= 0.6 is 0 Å². The molecule has 0 saturated carbocycles. The second kappa shape index (κ2) is 8.30. The van der Waals surface area contributed by atoms with Crippen LogP contribution in [-0.4, -0.2) is 38.9 Å². The molecule has 0 spiro atoms. The highest BCUT2D eigenvalue weighted by Gasteiger charge is 2.12. The Hall–Kier alpha value is -0.870. The summed E-state index contributed by atoms with van der Waals surface area (Å²) in [5.74, 6) is 0.315. The molecular weight excluding hydrogens is 206 g/mol. The summed E-state index contributed by atoms with van der Waals surface area (Å²) in [5.41, 5.74) is 0. The van der Waals surface area contributed by atoms with Gasteiger partial charge in [-0.1, -0.05) is 6.08 Å². The van der Waals surface area contributed by atoms with E-state index in [0.29, 0.717) is 19.1 Å². The lowest BCUT2D eigenvalue weighted by atomic mass is 10.0. The fourth-order valence-electron chi connectivity index (χ4n) is 1.70. The predicted molar refractivity (Wildman–Crippen MR) is 62.2 cm³/mol. The molecule has 1 N–H and O–H groups in total. The molecule has 4 heteroatoms. The number of carbonyl (C=O) groups excluding carboxylic acids is 1.